The first-order chi connectivity index (χ1) is 12.5. The van der Waals surface area contributed by atoms with Gasteiger partial charge in [0, 0.05) is 14.8 Å². The fourth-order valence-corrected chi connectivity index (χ4v) is 2.95. The van der Waals surface area contributed by atoms with Crippen molar-refractivity contribution >= 4 is 40.1 Å². The fraction of sp³-hybridized carbons (Fsp3) is 0.111. The van der Waals surface area contributed by atoms with Crippen LogP contribution in [0.15, 0.2) is 48.5 Å². The molecule has 0 bridgehead atoms. The molecular formula is C18H16IN5O2. The van der Waals surface area contributed by atoms with Crippen LogP contribution >= 0.6 is 22.6 Å². The Labute approximate surface area is 163 Å². The third-order valence-electron chi connectivity index (χ3n) is 3.53. The Kier molecular flexibility index (Phi) is 5.61. The maximum atomic E-state index is 12.1. The summed E-state index contributed by atoms with van der Waals surface area (Å²) in [5.74, 6) is 0.681. The Balaban J connectivity index is 1.60. The lowest BCUT2D eigenvalue weighted by molar-refractivity contribution is -0.115. The van der Waals surface area contributed by atoms with E-state index in [1.807, 2.05) is 31.2 Å². The van der Waals surface area contributed by atoms with Gasteiger partial charge in [-0.3, -0.25) is 14.7 Å². The number of nitrogens with one attached hydrogen (secondary N) is 3. The van der Waals surface area contributed by atoms with Crippen LogP contribution in [0.1, 0.15) is 16.2 Å². The van der Waals surface area contributed by atoms with Crippen molar-refractivity contribution in [1.82, 2.24) is 20.5 Å². The lowest BCUT2D eigenvalue weighted by Crippen LogP contribution is -2.33. The summed E-state index contributed by atoms with van der Waals surface area (Å²) < 4.78 is 0.831. The number of aryl methyl sites for hydroxylation is 1. The van der Waals surface area contributed by atoms with Crippen LogP contribution in [0.25, 0.3) is 11.4 Å². The molecule has 0 atom stereocenters. The molecule has 0 saturated carbocycles. The summed E-state index contributed by atoms with van der Waals surface area (Å²) in [4.78, 5) is 28.5. The van der Waals surface area contributed by atoms with E-state index in [0.717, 1.165) is 9.13 Å². The molecule has 0 aliphatic rings. The van der Waals surface area contributed by atoms with Crippen molar-refractivity contribution in [3.8, 4) is 11.4 Å². The molecule has 132 valence electrons. The standard InChI is InChI=1S/C18H16IN5O2/c1-11-21-17(24-23-11)12-5-4-6-13(9-12)22-16(25)10-20-18(26)14-7-2-3-8-15(14)19/h2-9H,10H2,1H3,(H,20,26)(H,22,25)(H,21,23,24). The van der Waals surface area contributed by atoms with Crippen LogP contribution < -0.4 is 10.6 Å². The van der Waals surface area contributed by atoms with Gasteiger partial charge in [0.15, 0.2) is 5.82 Å². The number of carbonyl (C=O) groups is 2. The summed E-state index contributed by atoms with van der Waals surface area (Å²) in [7, 11) is 0. The topological polar surface area (TPSA) is 99.8 Å². The molecule has 0 radical (unpaired) electrons. The van der Waals surface area contributed by atoms with Gasteiger partial charge in [0.1, 0.15) is 5.82 Å². The van der Waals surface area contributed by atoms with E-state index in [-0.39, 0.29) is 18.4 Å². The SMILES string of the molecule is Cc1nc(-c2cccc(NC(=O)CNC(=O)c3ccccc3I)c2)n[nH]1. The zero-order valence-corrected chi connectivity index (χ0v) is 16.1. The molecule has 2 amide bonds. The van der Waals surface area contributed by atoms with E-state index >= 15 is 0 Å². The lowest BCUT2D eigenvalue weighted by Gasteiger charge is -2.08. The number of nitrogens with zero attached hydrogens (tertiary/aromatic N) is 2. The number of hydrogen-bond acceptors (Lipinski definition) is 4. The van der Waals surface area contributed by atoms with E-state index in [2.05, 4.69) is 48.4 Å². The van der Waals surface area contributed by atoms with Crippen molar-refractivity contribution in [1.29, 1.82) is 0 Å². The van der Waals surface area contributed by atoms with Crippen LogP contribution in [0.5, 0.6) is 0 Å². The molecule has 0 aliphatic carbocycles. The first-order valence-electron chi connectivity index (χ1n) is 7.85. The first-order valence-corrected chi connectivity index (χ1v) is 8.93. The molecule has 2 aromatic carbocycles. The monoisotopic (exact) mass is 461 g/mol. The molecule has 3 aromatic rings. The van der Waals surface area contributed by atoms with E-state index in [9.17, 15) is 9.59 Å². The highest BCUT2D eigenvalue weighted by atomic mass is 127. The van der Waals surface area contributed by atoms with Crippen LogP contribution in [0, 0.1) is 10.5 Å². The molecule has 0 unspecified atom stereocenters. The van der Waals surface area contributed by atoms with Crippen LogP contribution in [0.4, 0.5) is 5.69 Å². The van der Waals surface area contributed by atoms with Gasteiger partial charge in [-0.25, -0.2) is 4.98 Å². The Hall–Kier alpha value is -2.75. The second-order valence-corrected chi connectivity index (χ2v) is 6.70. The molecular weight excluding hydrogens is 445 g/mol. The number of aromatic nitrogens is 3. The summed E-state index contributed by atoms with van der Waals surface area (Å²) in [5.41, 5.74) is 1.94. The maximum absolute atomic E-state index is 12.1. The van der Waals surface area contributed by atoms with Gasteiger partial charge in [-0.2, -0.15) is 5.10 Å². The molecule has 1 heterocycles. The van der Waals surface area contributed by atoms with Crippen molar-refractivity contribution in [3.05, 3.63) is 63.5 Å². The van der Waals surface area contributed by atoms with Crippen molar-refractivity contribution < 1.29 is 9.59 Å². The highest BCUT2D eigenvalue weighted by Crippen LogP contribution is 2.19. The molecule has 8 heteroatoms. The number of halogens is 1. The number of rotatable bonds is 5. The Morgan fingerprint density at radius 1 is 1.15 bits per heavy atom. The summed E-state index contributed by atoms with van der Waals surface area (Å²) in [6, 6.07) is 14.4. The zero-order chi connectivity index (χ0) is 18.5. The number of carbonyl (C=O) groups excluding carboxylic acids is 2. The van der Waals surface area contributed by atoms with Gasteiger partial charge in [0.25, 0.3) is 5.91 Å². The van der Waals surface area contributed by atoms with Crippen molar-refractivity contribution in [2.45, 2.75) is 6.92 Å². The van der Waals surface area contributed by atoms with E-state index in [1.54, 1.807) is 24.3 Å². The van der Waals surface area contributed by atoms with Crippen LogP contribution in [-0.2, 0) is 4.79 Å². The zero-order valence-electron chi connectivity index (χ0n) is 13.9. The van der Waals surface area contributed by atoms with Gasteiger partial charge in [0.05, 0.1) is 12.1 Å². The minimum atomic E-state index is -0.312. The van der Waals surface area contributed by atoms with E-state index < -0.39 is 0 Å². The fourth-order valence-electron chi connectivity index (χ4n) is 2.31. The Bertz CT molecular complexity index is 954. The van der Waals surface area contributed by atoms with Gasteiger partial charge in [-0.1, -0.05) is 24.3 Å². The molecule has 26 heavy (non-hydrogen) atoms. The predicted molar refractivity (Wildman–Crippen MR) is 107 cm³/mol. The van der Waals surface area contributed by atoms with Crippen molar-refractivity contribution in [3.63, 3.8) is 0 Å². The highest BCUT2D eigenvalue weighted by Gasteiger charge is 2.11. The molecule has 0 spiro atoms. The summed E-state index contributed by atoms with van der Waals surface area (Å²) in [5, 5.41) is 12.3. The normalized spacial score (nSPS) is 10.4. The number of amides is 2. The molecule has 0 fully saturated rings. The predicted octanol–water partition coefficient (Wildman–Crippen LogP) is 2.75. The molecule has 0 saturated heterocycles. The van der Waals surface area contributed by atoms with E-state index in [4.69, 9.17) is 0 Å². The number of benzene rings is 2. The Morgan fingerprint density at radius 2 is 1.96 bits per heavy atom. The van der Waals surface area contributed by atoms with Gasteiger partial charge >= 0.3 is 0 Å². The minimum Gasteiger partial charge on any atom is -0.343 e. The van der Waals surface area contributed by atoms with Crippen LogP contribution in [0.2, 0.25) is 0 Å². The lowest BCUT2D eigenvalue weighted by atomic mass is 10.2. The third-order valence-corrected chi connectivity index (χ3v) is 4.47. The number of anilines is 1. The molecule has 3 N–H and O–H groups in total. The number of aromatic amines is 1. The molecule has 3 rings (SSSR count). The quantitative estimate of drug-likeness (QED) is 0.509. The number of hydrogen-bond donors (Lipinski definition) is 3. The second kappa shape index (κ2) is 8.09. The van der Waals surface area contributed by atoms with Gasteiger partial charge in [-0.05, 0) is 53.8 Å². The van der Waals surface area contributed by atoms with Crippen LogP contribution in [-0.4, -0.2) is 33.5 Å². The molecule has 7 nitrogen and oxygen atoms in total. The first kappa shape index (κ1) is 18.1. The Morgan fingerprint density at radius 3 is 2.69 bits per heavy atom. The van der Waals surface area contributed by atoms with Crippen molar-refractivity contribution in [2.24, 2.45) is 0 Å². The van der Waals surface area contributed by atoms with Crippen LogP contribution in [0.3, 0.4) is 0 Å². The van der Waals surface area contributed by atoms with Crippen molar-refractivity contribution in [2.75, 3.05) is 11.9 Å². The van der Waals surface area contributed by atoms with E-state index in [0.29, 0.717) is 22.9 Å². The minimum absolute atomic E-state index is 0.117. The largest absolute Gasteiger partial charge is 0.343 e. The maximum Gasteiger partial charge on any atom is 0.252 e. The summed E-state index contributed by atoms with van der Waals surface area (Å²) in [6.45, 7) is 1.70. The van der Waals surface area contributed by atoms with E-state index in [1.165, 1.54) is 0 Å². The second-order valence-electron chi connectivity index (χ2n) is 5.54. The molecule has 0 aliphatic heterocycles. The van der Waals surface area contributed by atoms with Gasteiger partial charge in [-0.15, -0.1) is 0 Å². The highest BCUT2D eigenvalue weighted by molar-refractivity contribution is 14.1. The third kappa shape index (κ3) is 4.45. The summed E-state index contributed by atoms with van der Waals surface area (Å²) in [6.07, 6.45) is 0. The molecule has 1 aromatic heterocycles. The van der Waals surface area contributed by atoms with Gasteiger partial charge in [0.2, 0.25) is 5.91 Å². The number of H-pyrrole nitrogens is 1. The smallest absolute Gasteiger partial charge is 0.252 e. The average Bonchev–Trinajstić information content (AvgIpc) is 3.07. The van der Waals surface area contributed by atoms with Gasteiger partial charge < -0.3 is 10.6 Å². The average molecular weight is 461 g/mol. The summed E-state index contributed by atoms with van der Waals surface area (Å²) >= 11 is 2.09.